The van der Waals surface area contributed by atoms with Crippen LogP contribution < -0.4 is 0 Å². The van der Waals surface area contributed by atoms with Gasteiger partial charge in [-0.15, -0.1) is 0 Å². The van der Waals surface area contributed by atoms with Crippen molar-refractivity contribution in [2.75, 3.05) is 13.3 Å². The average molecular weight is 253 g/mol. The molecule has 0 amide bonds. The minimum atomic E-state index is -2.60. The molecular weight excluding hydrogens is 233 g/mol. The number of benzene rings is 1. The summed E-state index contributed by atoms with van der Waals surface area (Å²) in [5.41, 5.74) is 1.19. The van der Waals surface area contributed by atoms with Crippen LogP contribution in [0.4, 0.5) is 0 Å². The van der Waals surface area contributed by atoms with E-state index in [0.29, 0.717) is 19.1 Å². The highest BCUT2D eigenvalue weighted by Crippen LogP contribution is 2.55. The molecule has 3 nitrogen and oxygen atoms in total. The molecule has 2 unspecified atom stereocenters. The lowest BCUT2D eigenvalue weighted by Gasteiger charge is -2.27. The first kappa shape index (κ1) is 12.8. The molecule has 1 aliphatic heterocycles. The number of hydrogen-bond acceptors (Lipinski definition) is 2. The van der Waals surface area contributed by atoms with E-state index in [1.807, 2.05) is 22.9 Å². The number of rotatable bonds is 3. The lowest BCUT2D eigenvalue weighted by Crippen LogP contribution is -2.32. The Morgan fingerprint density at radius 2 is 2.06 bits per heavy atom. The summed E-state index contributed by atoms with van der Waals surface area (Å²) in [6, 6.07) is 10.4. The molecule has 1 aromatic rings. The molecule has 2 rings (SSSR count). The summed E-state index contributed by atoms with van der Waals surface area (Å²) in [6.07, 6.45) is 0. The maximum atomic E-state index is 12.4. The molecule has 1 heterocycles. The predicted octanol–water partition coefficient (Wildman–Crippen LogP) is 3.37. The van der Waals surface area contributed by atoms with Crippen LogP contribution >= 0.6 is 7.52 Å². The Morgan fingerprint density at radius 1 is 1.41 bits per heavy atom. The zero-order chi connectivity index (χ0) is 12.5. The zero-order valence-corrected chi connectivity index (χ0v) is 11.6. The van der Waals surface area contributed by atoms with Crippen molar-refractivity contribution in [3.05, 3.63) is 35.9 Å². The second-order valence-electron chi connectivity index (χ2n) is 4.99. The second-order valence-corrected chi connectivity index (χ2v) is 7.37. The van der Waals surface area contributed by atoms with Crippen molar-refractivity contribution in [3.63, 3.8) is 0 Å². The van der Waals surface area contributed by atoms with E-state index in [2.05, 4.69) is 26.0 Å². The van der Waals surface area contributed by atoms with Crippen LogP contribution in [0.15, 0.2) is 30.3 Å². The Hall–Kier alpha value is -0.630. The molecule has 1 saturated heterocycles. The van der Waals surface area contributed by atoms with Crippen LogP contribution in [-0.2, 0) is 15.6 Å². The van der Waals surface area contributed by atoms with Gasteiger partial charge in [-0.05, 0) is 11.5 Å². The molecule has 17 heavy (non-hydrogen) atoms. The number of hydrogen-bond donors (Lipinski definition) is 0. The van der Waals surface area contributed by atoms with E-state index in [4.69, 9.17) is 4.52 Å². The van der Waals surface area contributed by atoms with Crippen molar-refractivity contribution in [2.45, 2.75) is 26.4 Å². The quantitative estimate of drug-likeness (QED) is 0.773. The van der Waals surface area contributed by atoms with Gasteiger partial charge in [0.05, 0.1) is 6.61 Å². The topological polar surface area (TPSA) is 29.5 Å². The Kier molecular flexibility index (Phi) is 3.72. The maximum Gasteiger partial charge on any atom is 0.270 e. The molecule has 4 heteroatoms. The Labute approximate surface area is 103 Å². The summed E-state index contributed by atoms with van der Waals surface area (Å²) < 4.78 is 19.9. The van der Waals surface area contributed by atoms with E-state index >= 15 is 0 Å². The van der Waals surface area contributed by atoms with Crippen molar-refractivity contribution in [3.8, 4) is 0 Å². The van der Waals surface area contributed by atoms with Gasteiger partial charge in [-0.1, -0.05) is 44.2 Å². The molecule has 0 N–H and O–H groups in total. The van der Waals surface area contributed by atoms with Crippen LogP contribution in [0.25, 0.3) is 0 Å². The summed E-state index contributed by atoms with van der Waals surface area (Å²) in [5.74, 6) is 0.453. The van der Waals surface area contributed by atoms with E-state index in [1.54, 1.807) is 6.66 Å². The van der Waals surface area contributed by atoms with Gasteiger partial charge in [0.1, 0.15) is 0 Å². The van der Waals surface area contributed by atoms with Crippen LogP contribution in [0.3, 0.4) is 0 Å². The minimum Gasteiger partial charge on any atom is -0.316 e. The van der Waals surface area contributed by atoms with E-state index in [0.717, 1.165) is 0 Å². The molecule has 0 aromatic heterocycles. The molecule has 0 spiro atoms. The molecule has 1 aliphatic rings. The lowest BCUT2D eigenvalue weighted by molar-refractivity contribution is 0.250. The van der Waals surface area contributed by atoms with Crippen LogP contribution in [0.5, 0.6) is 0 Å². The van der Waals surface area contributed by atoms with E-state index in [9.17, 15) is 4.57 Å². The van der Waals surface area contributed by atoms with E-state index < -0.39 is 7.52 Å². The molecule has 0 saturated carbocycles. The van der Waals surface area contributed by atoms with Gasteiger partial charge in [-0.25, -0.2) is 4.67 Å². The fourth-order valence-corrected chi connectivity index (χ4v) is 4.07. The molecule has 94 valence electrons. The van der Waals surface area contributed by atoms with Gasteiger partial charge < -0.3 is 4.52 Å². The molecule has 2 atom stereocenters. The smallest absolute Gasteiger partial charge is 0.270 e. The number of nitrogens with zero attached hydrogens (tertiary/aromatic N) is 1. The van der Waals surface area contributed by atoms with Gasteiger partial charge in [0.25, 0.3) is 7.52 Å². The molecule has 1 aromatic carbocycles. The van der Waals surface area contributed by atoms with E-state index in [-0.39, 0.29) is 6.04 Å². The first-order valence-corrected chi connectivity index (χ1v) is 8.06. The largest absolute Gasteiger partial charge is 0.316 e. The van der Waals surface area contributed by atoms with Crippen molar-refractivity contribution < 1.29 is 9.09 Å². The van der Waals surface area contributed by atoms with Crippen LogP contribution in [-0.4, -0.2) is 24.0 Å². The second kappa shape index (κ2) is 4.93. The summed E-state index contributed by atoms with van der Waals surface area (Å²) in [6.45, 7) is 7.31. The minimum absolute atomic E-state index is 0.256. The van der Waals surface area contributed by atoms with Gasteiger partial charge in [-0.3, -0.25) is 4.57 Å². The van der Waals surface area contributed by atoms with Gasteiger partial charge in [0.2, 0.25) is 0 Å². The van der Waals surface area contributed by atoms with Gasteiger partial charge in [-0.2, -0.15) is 0 Å². The van der Waals surface area contributed by atoms with Gasteiger partial charge in [0, 0.05) is 19.3 Å². The third-order valence-electron chi connectivity index (χ3n) is 3.29. The molecule has 0 aliphatic carbocycles. The molecule has 0 radical (unpaired) electrons. The monoisotopic (exact) mass is 253 g/mol. The fraction of sp³-hybridized carbons (Fsp3) is 0.538. The Morgan fingerprint density at radius 3 is 2.65 bits per heavy atom. The normalized spacial score (nSPS) is 30.0. The van der Waals surface area contributed by atoms with Crippen LogP contribution in [0, 0.1) is 5.92 Å². The first-order valence-electron chi connectivity index (χ1n) is 6.04. The third-order valence-corrected chi connectivity index (χ3v) is 5.29. The van der Waals surface area contributed by atoms with Crippen molar-refractivity contribution >= 4 is 7.52 Å². The van der Waals surface area contributed by atoms with Gasteiger partial charge in [0.15, 0.2) is 0 Å². The first-order chi connectivity index (χ1) is 8.00. The fourth-order valence-electron chi connectivity index (χ4n) is 2.20. The predicted molar refractivity (Wildman–Crippen MR) is 70.1 cm³/mol. The summed E-state index contributed by atoms with van der Waals surface area (Å²) >= 11 is 0. The molecule has 1 fully saturated rings. The van der Waals surface area contributed by atoms with Crippen LogP contribution in [0.2, 0.25) is 0 Å². The highest BCUT2D eigenvalue weighted by molar-refractivity contribution is 7.55. The third kappa shape index (κ3) is 2.79. The summed E-state index contributed by atoms with van der Waals surface area (Å²) in [4.78, 5) is 0. The highest BCUT2D eigenvalue weighted by atomic mass is 31.2. The Bertz CT molecular complexity index is 419. The maximum absolute atomic E-state index is 12.4. The van der Waals surface area contributed by atoms with Crippen LogP contribution in [0.1, 0.15) is 19.4 Å². The van der Waals surface area contributed by atoms with Gasteiger partial charge >= 0.3 is 0 Å². The summed E-state index contributed by atoms with van der Waals surface area (Å²) in [7, 11) is -2.60. The summed E-state index contributed by atoms with van der Waals surface area (Å²) in [5, 5.41) is 0. The standard InChI is InChI=1S/C13H20NO2P/c1-11(2)13-10-16-17(3,15)14(13)9-12-7-5-4-6-8-12/h4-8,11,13H,9-10H2,1-3H3. The zero-order valence-electron chi connectivity index (χ0n) is 10.7. The average Bonchev–Trinajstić information content (AvgIpc) is 2.56. The Balaban J connectivity index is 2.19. The molecule has 0 bridgehead atoms. The highest BCUT2D eigenvalue weighted by Gasteiger charge is 2.41. The SMILES string of the molecule is CC(C)C1COP(C)(=O)N1Cc1ccccc1. The van der Waals surface area contributed by atoms with Crippen molar-refractivity contribution in [1.82, 2.24) is 4.67 Å². The van der Waals surface area contributed by atoms with Crippen molar-refractivity contribution in [2.24, 2.45) is 5.92 Å². The van der Waals surface area contributed by atoms with Crippen molar-refractivity contribution in [1.29, 1.82) is 0 Å². The van der Waals surface area contributed by atoms with E-state index in [1.165, 1.54) is 5.56 Å². The molecular formula is C13H20NO2P. The lowest BCUT2D eigenvalue weighted by atomic mass is 10.1.